The quantitative estimate of drug-likeness (QED) is 0.875. The third-order valence-electron chi connectivity index (χ3n) is 2.83. The summed E-state index contributed by atoms with van der Waals surface area (Å²) in [6.45, 7) is 4.82. The molecule has 0 aliphatic rings. The van der Waals surface area contributed by atoms with Crippen LogP contribution >= 0.6 is 31.9 Å². The van der Waals surface area contributed by atoms with E-state index in [2.05, 4.69) is 67.4 Å². The zero-order valence-electron chi connectivity index (χ0n) is 10.6. The lowest BCUT2D eigenvalue weighted by atomic mass is 10.2. The van der Waals surface area contributed by atoms with E-state index in [1.165, 1.54) is 5.56 Å². The number of benzene rings is 1. The molecule has 0 saturated heterocycles. The van der Waals surface area contributed by atoms with Crippen LogP contribution in [0.3, 0.4) is 0 Å². The Balaban J connectivity index is 2.19. The first-order valence-electron chi connectivity index (χ1n) is 5.67. The normalized spacial score (nSPS) is 10.7. The topological polar surface area (TPSA) is 29.9 Å². The molecule has 0 aliphatic heterocycles. The molecule has 3 nitrogen and oxygen atoms in total. The molecular formula is C13H15Br2N3. The minimum absolute atomic E-state index is 0.736. The van der Waals surface area contributed by atoms with Crippen molar-refractivity contribution >= 4 is 37.5 Å². The molecule has 1 aromatic carbocycles. The lowest BCUT2D eigenvalue weighted by molar-refractivity contribution is 0.712. The Hall–Kier alpha value is -0.810. The maximum absolute atomic E-state index is 4.38. The van der Waals surface area contributed by atoms with Crippen molar-refractivity contribution in [3.05, 3.63) is 44.1 Å². The minimum Gasteiger partial charge on any atom is -0.378 e. The van der Waals surface area contributed by atoms with Crippen molar-refractivity contribution in [2.75, 3.05) is 5.32 Å². The van der Waals surface area contributed by atoms with Gasteiger partial charge in [-0.05, 0) is 63.4 Å². The number of aryl methyl sites for hydroxylation is 3. The number of anilines is 1. The van der Waals surface area contributed by atoms with E-state index < -0.39 is 0 Å². The van der Waals surface area contributed by atoms with Gasteiger partial charge in [0.2, 0.25) is 0 Å². The molecule has 0 spiro atoms. The minimum atomic E-state index is 0.736. The van der Waals surface area contributed by atoms with Gasteiger partial charge in [0, 0.05) is 17.2 Å². The van der Waals surface area contributed by atoms with Crippen LogP contribution in [0.25, 0.3) is 0 Å². The van der Waals surface area contributed by atoms with Crippen LogP contribution in [0.2, 0.25) is 0 Å². The first kappa shape index (κ1) is 13.6. The van der Waals surface area contributed by atoms with Crippen molar-refractivity contribution < 1.29 is 0 Å². The van der Waals surface area contributed by atoms with Crippen molar-refractivity contribution in [3.63, 3.8) is 0 Å². The monoisotopic (exact) mass is 371 g/mol. The van der Waals surface area contributed by atoms with E-state index in [9.17, 15) is 0 Å². The lowest BCUT2D eigenvalue weighted by Crippen LogP contribution is -2.06. The fraction of sp³-hybridized carbons (Fsp3) is 0.308. The Kier molecular flexibility index (Phi) is 4.12. The van der Waals surface area contributed by atoms with Gasteiger partial charge in [-0.1, -0.05) is 6.07 Å². The highest BCUT2D eigenvalue weighted by molar-refractivity contribution is 9.11. The van der Waals surface area contributed by atoms with Crippen molar-refractivity contribution in [3.8, 4) is 0 Å². The average molecular weight is 373 g/mol. The summed E-state index contributed by atoms with van der Waals surface area (Å²) >= 11 is 7.12. The summed E-state index contributed by atoms with van der Waals surface area (Å²) in [5.41, 5.74) is 4.49. The fourth-order valence-electron chi connectivity index (χ4n) is 1.83. The van der Waals surface area contributed by atoms with Gasteiger partial charge in [0.05, 0.1) is 22.4 Å². The molecule has 0 atom stereocenters. The van der Waals surface area contributed by atoms with Gasteiger partial charge in [-0.3, -0.25) is 4.68 Å². The highest BCUT2D eigenvalue weighted by atomic mass is 79.9. The largest absolute Gasteiger partial charge is 0.378 e. The molecule has 0 aliphatic carbocycles. The molecule has 1 aromatic heterocycles. The molecule has 18 heavy (non-hydrogen) atoms. The first-order valence-corrected chi connectivity index (χ1v) is 7.25. The highest BCUT2D eigenvalue weighted by Gasteiger charge is 2.10. The van der Waals surface area contributed by atoms with Crippen LogP contribution in [0.15, 0.2) is 27.1 Å². The maximum atomic E-state index is 4.38. The van der Waals surface area contributed by atoms with Crippen LogP contribution in [0.5, 0.6) is 0 Å². The van der Waals surface area contributed by atoms with E-state index in [-0.39, 0.29) is 0 Å². The zero-order chi connectivity index (χ0) is 13.3. The van der Waals surface area contributed by atoms with E-state index in [1.54, 1.807) is 0 Å². The van der Waals surface area contributed by atoms with Gasteiger partial charge in [-0.15, -0.1) is 0 Å². The van der Waals surface area contributed by atoms with Gasteiger partial charge in [-0.2, -0.15) is 5.10 Å². The Morgan fingerprint density at radius 2 is 2.00 bits per heavy atom. The molecule has 2 aromatic rings. The summed E-state index contributed by atoms with van der Waals surface area (Å²) in [7, 11) is 1.96. The van der Waals surface area contributed by atoms with Gasteiger partial charge in [-0.25, -0.2) is 0 Å². The molecule has 0 radical (unpaired) electrons. The van der Waals surface area contributed by atoms with Gasteiger partial charge in [0.25, 0.3) is 0 Å². The summed E-state index contributed by atoms with van der Waals surface area (Å²) < 4.78 is 4.04. The fourth-order valence-corrected chi connectivity index (χ4v) is 2.69. The number of nitrogens with zero attached hydrogens (tertiary/aromatic N) is 2. The molecule has 5 heteroatoms. The number of hydrogen-bond donors (Lipinski definition) is 1. The Morgan fingerprint density at radius 1 is 1.28 bits per heavy atom. The standard InChI is InChI=1S/C13H15Br2N3/c1-8-4-5-10(14)11(6-8)16-7-12-13(15)9(2)17-18(12)3/h4-6,16H,7H2,1-3H3. The van der Waals surface area contributed by atoms with E-state index in [0.29, 0.717) is 0 Å². The predicted octanol–water partition coefficient (Wildman–Crippen LogP) is 4.17. The van der Waals surface area contributed by atoms with Crippen molar-refractivity contribution in [2.45, 2.75) is 20.4 Å². The molecule has 0 fully saturated rings. The molecule has 96 valence electrons. The van der Waals surface area contributed by atoms with Crippen molar-refractivity contribution in [1.29, 1.82) is 0 Å². The Morgan fingerprint density at radius 3 is 2.61 bits per heavy atom. The molecule has 1 heterocycles. The SMILES string of the molecule is Cc1ccc(Br)c(NCc2c(Br)c(C)nn2C)c1. The summed E-state index contributed by atoms with van der Waals surface area (Å²) in [5, 5.41) is 7.81. The first-order chi connectivity index (χ1) is 8.49. The molecule has 0 amide bonds. The second-order valence-corrected chi connectivity index (χ2v) is 5.95. The average Bonchev–Trinajstić information content (AvgIpc) is 2.55. The predicted molar refractivity (Wildman–Crippen MR) is 81.9 cm³/mol. The Bertz CT molecular complexity index is 576. The molecule has 0 saturated carbocycles. The highest BCUT2D eigenvalue weighted by Crippen LogP contribution is 2.26. The van der Waals surface area contributed by atoms with Crippen molar-refractivity contribution in [1.82, 2.24) is 9.78 Å². The maximum Gasteiger partial charge on any atom is 0.0739 e. The molecular weight excluding hydrogens is 358 g/mol. The van der Waals surface area contributed by atoms with Gasteiger partial charge in [0.15, 0.2) is 0 Å². The summed E-state index contributed by atoms with van der Waals surface area (Å²) in [5.74, 6) is 0. The molecule has 0 bridgehead atoms. The summed E-state index contributed by atoms with van der Waals surface area (Å²) in [6.07, 6.45) is 0. The van der Waals surface area contributed by atoms with E-state index in [1.807, 2.05) is 18.7 Å². The van der Waals surface area contributed by atoms with E-state index in [4.69, 9.17) is 0 Å². The second kappa shape index (κ2) is 5.45. The lowest BCUT2D eigenvalue weighted by Gasteiger charge is -2.10. The number of halogens is 2. The number of nitrogens with one attached hydrogen (secondary N) is 1. The van der Waals surface area contributed by atoms with E-state index >= 15 is 0 Å². The Labute approximate surface area is 124 Å². The van der Waals surface area contributed by atoms with Crippen LogP contribution in [0, 0.1) is 13.8 Å². The van der Waals surface area contributed by atoms with Crippen LogP contribution < -0.4 is 5.32 Å². The molecule has 0 unspecified atom stereocenters. The smallest absolute Gasteiger partial charge is 0.0739 e. The molecule has 2 rings (SSSR count). The number of aromatic nitrogens is 2. The number of rotatable bonds is 3. The van der Waals surface area contributed by atoms with Crippen LogP contribution in [-0.2, 0) is 13.6 Å². The molecule has 1 N–H and O–H groups in total. The van der Waals surface area contributed by atoms with Crippen molar-refractivity contribution in [2.24, 2.45) is 7.05 Å². The van der Waals surface area contributed by atoms with Gasteiger partial charge >= 0.3 is 0 Å². The third kappa shape index (κ3) is 2.78. The van der Waals surface area contributed by atoms with E-state index in [0.717, 1.165) is 32.6 Å². The number of hydrogen-bond acceptors (Lipinski definition) is 2. The summed E-state index contributed by atoms with van der Waals surface area (Å²) in [6, 6.07) is 6.27. The van der Waals surface area contributed by atoms with Gasteiger partial charge in [0.1, 0.15) is 0 Å². The van der Waals surface area contributed by atoms with Crippen LogP contribution in [-0.4, -0.2) is 9.78 Å². The van der Waals surface area contributed by atoms with Crippen LogP contribution in [0.4, 0.5) is 5.69 Å². The zero-order valence-corrected chi connectivity index (χ0v) is 13.8. The van der Waals surface area contributed by atoms with Gasteiger partial charge < -0.3 is 5.32 Å². The third-order valence-corrected chi connectivity index (χ3v) is 4.55. The van der Waals surface area contributed by atoms with Crippen LogP contribution in [0.1, 0.15) is 17.0 Å². The second-order valence-electron chi connectivity index (χ2n) is 4.31. The summed E-state index contributed by atoms with van der Waals surface area (Å²) in [4.78, 5) is 0.